The van der Waals surface area contributed by atoms with Gasteiger partial charge in [-0.15, -0.1) is 0 Å². The number of benzene rings is 3. The molecule has 3 aromatic carbocycles. The Labute approximate surface area is 178 Å². The van der Waals surface area contributed by atoms with E-state index in [-0.39, 0.29) is 12.5 Å². The molecule has 1 amide bonds. The Morgan fingerprint density at radius 1 is 1.03 bits per heavy atom. The zero-order valence-electron chi connectivity index (χ0n) is 16.1. The number of carbonyl (C=O) groups excluding carboxylic acids is 1. The van der Waals surface area contributed by atoms with Crippen LogP contribution < -0.4 is 14.8 Å². The Morgan fingerprint density at radius 3 is 2.57 bits per heavy atom. The summed E-state index contributed by atoms with van der Waals surface area (Å²) >= 11 is 5.98. The summed E-state index contributed by atoms with van der Waals surface area (Å²) in [6.07, 6.45) is 1.74. The van der Waals surface area contributed by atoms with Crippen LogP contribution in [0.5, 0.6) is 11.5 Å². The topological polar surface area (TPSA) is 73.3 Å². The van der Waals surface area contributed by atoms with Crippen molar-refractivity contribution < 1.29 is 14.3 Å². The number of para-hydroxylation sites is 2. The lowest BCUT2D eigenvalue weighted by molar-refractivity contribution is -0.118. The van der Waals surface area contributed by atoms with Crippen LogP contribution in [0.15, 0.2) is 72.9 Å². The van der Waals surface area contributed by atoms with Gasteiger partial charge in [0.1, 0.15) is 11.5 Å². The molecule has 0 saturated heterocycles. The molecule has 0 radical (unpaired) electrons. The zero-order valence-corrected chi connectivity index (χ0v) is 16.9. The first-order valence-electron chi connectivity index (χ1n) is 9.21. The second-order valence-electron chi connectivity index (χ2n) is 6.45. The highest BCUT2D eigenvalue weighted by molar-refractivity contribution is 6.31. The van der Waals surface area contributed by atoms with Crippen molar-refractivity contribution in [1.82, 2.24) is 9.97 Å². The number of fused-ring (bicyclic) bond motifs is 1. The summed E-state index contributed by atoms with van der Waals surface area (Å²) in [6, 6.07) is 20.1. The van der Waals surface area contributed by atoms with Crippen molar-refractivity contribution in [3.63, 3.8) is 0 Å². The molecule has 4 rings (SSSR count). The maximum atomic E-state index is 12.2. The SMILES string of the molecule is COc1ccc(Cl)cc1NC(=O)COc1ccc(-c2cnc3ccccc3n2)cc1. The highest BCUT2D eigenvalue weighted by atomic mass is 35.5. The van der Waals surface area contributed by atoms with Crippen LogP contribution in [0.2, 0.25) is 5.02 Å². The first-order valence-corrected chi connectivity index (χ1v) is 9.58. The standard InChI is InChI=1S/C23H18ClN3O3/c1-29-22-11-8-16(24)12-20(22)27-23(28)14-30-17-9-6-15(7-10-17)21-13-25-18-4-2-3-5-19(18)26-21/h2-13H,14H2,1H3,(H,27,28). The number of amides is 1. The minimum Gasteiger partial charge on any atom is -0.495 e. The molecule has 0 spiro atoms. The van der Waals surface area contributed by atoms with Gasteiger partial charge in [-0.1, -0.05) is 23.7 Å². The second kappa shape index (κ2) is 8.80. The summed E-state index contributed by atoms with van der Waals surface area (Å²) in [5, 5.41) is 3.23. The van der Waals surface area contributed by atoms with Gasteiger partial charge in [-0.2, -0.15) is 0 Å². The lowest BCUT2D eigenvalue weighted by atomic mass is 10.1. The molecule has 7 heteroatoms. The Bertz CT molecular complexity index is 1200. The second-order valence-corrected chi connectivity index (χ2v) is 6.89. The molecule has 0 aliphatic rings. The zero-order chi connectivity index (χ0) is 20.9. The van der Waals surface area contributed by atoms with E-state index in [2.05, 4.69) is 15.3 Å². The molecule has 0 aliphatic heterocycles. The van der Waals surface area contributed by atoms with Gasteiger partial charge in [0, 0.05) is 10.6 Å². The Kier molecular flexibility index (Phi) is 5.77. The fraction of sp³-hybridized carbons (Fsp3) is 0.0870. The molecule has 30 heavy (non-hydrogen) atoms. The number of rotatable bonds is 6. The molecule has 150 valence electrons. The van der Waals surface area contributed by atoms with E-state index in [0.29, 0.717) is 22.2 Å². The summed E-state index contributed by atoms with van der Waals surface area (Å²) in [4.78, 5) is 21.3. The van der Waals surface area contributed by atoms with Crippen LogP contribution in [0, 0.1) is 0 Å². The van der Waals surface area contributed by atoms with E-state index in [1.807, 2.05) is 36.4 Å². The number of nitrogens with zero attached hydrogens (tertiary/aromatic N) is 2. The number of hydrogen-bond donors (Lipinski definition) is 1. The molecule has 1 heterocycles. The third-order valence-corrected chi connectivity index (χ3v) is 4.64. The molecule has 0 atom stereocenters. The fourth-order valence-electron chi connectivity index (χ4n) is 2.93. The quantitative estimate of drug-likeness (QED) is 0.477. The molecular formula is C23H18ClN3O3. The fourth-order valence-corrected chi connectivity index (χ4v) is 3.10. The molecule has 0 bridgehead atoms. The van der Waals surface area contributed by atoms with Gasteiger partial charge in [-0.25, -0.2) is 4.98 Å². The van der Waals surface area contributed by atoms with Gasteiger partial charge < -0.3 is 14.8 Å². The van der Waals surface area contributed by atoms with Crippen LogP contribution >= 0.6 is 11.6 Å². The number of halogens is 1. The van der Waals surface area contributed by atoms with E-state index in [9.17, 15) is 4.79 Å². The Balaban J connectivity index is 1.40. The molecule has 0 saturated carbocycles. The molecule has 6 nitrogen and oxygen atoms in total. The van der Waals surface area contributed by atoms with Gasteiger partial charge in [0.2, 0.25) is 0 Å². The van der Waals surface area contributed by atoms with Crippen LogP contribution in [-0.2, 0) is 4.79 Å². The maximum absolute atomic E-state index is 12.2. The van der Waals surface area contributed by atoms with Crippen molar-refractivity contribution in [2.45, 2.75) is 0 Å². The van der Waals surface area contributed by atoms with Crippen LogP contribution in [0.4, 0.5) is 5.69 Å². The van der Waals surface area contributed by atoms with Gasteiger partial charge in [0.05, 0.1) is 35.7 Å². The largest absolute Gasteiger partial charge is 0.495 e. The minimum absolute atomic E-state index is 0.148. The van der Waals surface area contributed by atoms with Gasteiger partial charge >= 0.3 is 0 Å². The van der Waals surface area contributed by atoms with Gasteiger partial charge in [0.15, 0.2) is 6.61 Å². The van der Waals surface area contributed by atoms with Crippen LogP contribution in [0.1, 0.15) is 0 Å². The molecule has 1 aromatic heterocycles. The summed E-state index contributed by atoms with van der Waals surface area (Å²) in [5.41, 5.74) is 3.86. The highest BCUT2D eigenvalue weighted by Gasteiger charge is 2.10. The number of carbonyl (C=O) groups is 1. The van der Waals surface area contributed by atoms with Crippen molar-refractivity contribution in [1.29, 1.82) is 0 Å². The van der Waals surface area contributed by atoms with Crippen molar-refractivity contribution >= 4 is 34.2 Å². The lowest BCUT2D eigenvalue weighted by Crippen LogP contribution is -2.20. The molecule has 0 fully saturated rings. The van der Waals surface area contributed by atoms with Crippen molar-refractivity contribution in [3.8, 4) is 22.8 Å². The predicted octanol–water partition coefficient (Wildman–Crippen LogP) is 4.98. The number of hydrogen-bond acceptors (Lipinski definition) is 5. The smallest absolute Gasteiger partial charge is 0.262 e. The van der Waals surface area contributed by atoms with Crippen LogP contribution in [0.25, 0.3) is 22.3 Å². The molecular weight excluding hydrogens is 402 g/mol. The first-order chi connectivity index (χ1) is 14.6. The van der Waals surface area contributed by atoms with Gasteiger partial charge in [0.25, 0.3) is 5.91 Å². The van der Waals surface area contributed by atoms with Gasteiger partial charge in [-0.05, 0) is 54.6 Å². The number of anilines is 1. The van der Waals surface area contributed by atoms with Crippen LogP contribution in [-0.4, -0.2) is 29.6 Å². The highest BCUT2D eigenvalue weighted by Crippen LogP contribution is 2.27. The molecule has 0 unspecified atom stereocenters. The average Bonchev–Trinajstić information content (AvgIpc) is 2.78. The van der Waals surface area contributed by atoms with E-state index in [4.69, 9.17) is 21.1 Å². The summed E-state index contributed by atoms with van der Waals surface area (Å²) in [6.45, 7) is -0.148. The van der Waals surface area contributed by atoms with Gasteiger partial charge in [-0.3, -0.25) is 9.78 Å². The monoisotopic (exact) mass is 419 g/mol. The number of aromatic nitrogens is 2. The summed E-state index contributed by atoms with van der Waals surface area (Å²) in [7, 11) is 1.52. The molecule has 0 aliphatic carbocycles. The average molecular weight is 420 g/mol. The van der Waals surface area contributed by atoms with E-state index in [1.54, 1.807) is 36.5 Å². The third kappa shape index (κ3) is 4.50. The predicted molar refractivity (Wildman–Crippen MR) is 117 cm³/mol. The van der Waals surface area contributed by atoms with E-state index in [1.165, 1.54) is 7.11 Å². The number of nitrogens with one attached hydrogen (secondary N) is 1. The first kappa shape index (κ1) is 19.7. The molecule has 4 aromatic rings. The van der Waals surface area contributed by atoms with Crippen molar-refractivity contribution in [2.75, 3.05) is 19.0 Å². The van der Waals surface area contributed by atoms with Crippen molar-refractivity contribution in [2.24, 2.45) is 0 Å². The van der Waals surface area contributed by atoms with E-state index >= 15 is 0 Å². The molecule has 1 N–H and O–H groups in total. The number of ether oxygens (including phenoxy) is 2. The lowest BCUT2D eigenvalue weighted by Gasteiger charge is -2.11. The summed E-state index contributed by atoms with van der Waals surface area (Å²) < 4.78 is 10.8. The Morgan fingerprint density at radius 2 is 1.80 bits per heavy atom. The van der Waals surface area contributed by atoms with Crippen molar-refractivity contribution in [3.05, 3.63) is 77.9 Å². The minimum atomic E-state index is -0.319. The van der Waals surface area contributed by atoms with Crippen LogP contribution in [0.3, 0.4) is 0 Å². The maximum Gasteiger partial charge on any atom is 0.262 e. The summed E-state index contributed by atoms with van der Waals surface area (Å²) in [5.74, 6) is 0.773. The van der Waals surface area contributed by atoms with E-state index in [0.717, 1.165) is 22.3 Å². The Hall–Kier alpha value is -3.64. The van der Waals surface area contributed by atoms with E-state index < -0.39 is 0 Å². The number of methoxy groups -OCH3 is 1. The normalized spacial score (nSPS) is 10.6. The third-order valence-electron chi connectivity index (χ3n) is 4.40.